The molecule has 1 amide bonds. The van der Waals surface area contributed by atoms with Crippen LogP contribution in [0, 0.1) is 5.92 Å². The van der Waals surface area contributed by atoms with Gasteiger partial charge in [0, 0.05) is 12.6 Å². The number of carbonyl (C=O) groups excluding carboxylic acids is 1. The molecule has 0 saturated carbocycles. The van der Waals surface area contributed by atoms with Gasteiger partial charge in [-0.3, -0.25) is 10.1 Å². The first-order valence-corrected chi connectivity index (χ1v) is 11.9. The van der Waals surface area contributed by atoms with Crippen molar-refractivity contribution in [2.45, 2.75) is 65.3 Å². The number of hydrogen-bond donors (Lipinski definition) is 1. The van der Waals surface area contributed by atoms with E-state index in [9.17, 15) is 4.79 Å². The lowest BCUT2D eigenvalue weighted by Gasteiger charge is -2.13. The van der Waals surface area contributed by atoms with Crippen LogP contribution in [0.2, 0.25) is 0 Å². The average Bonchev–Trinajstić information content (AvgIpc) is 3.38. The second-order valence-corrected chi connectivity index (χ2v) is 9.24. The first kappa shape index (κ1) is 23.8. The van der Waals surface area contributed by atoms with Crippen LogP contribution in [0.3, 0.4) is 0 Å². The molecule has 0 radical (unpaired) electrons. The van der Waals surface area contributed by atoms with E-state index in [0.717, 1.165) is 30.2 Å². The molecule has 0 aliphatic rings. The largest absolute Gasteiger partial charge is 0.486 e. The highest BCUT2D eigenvalue weighted by molar-refractivity contribution is 7.99. The van der Waals surface area contributed by atoms with Crippen LogP contribution < -0.4 is 10.1 Å². The van der Waals surface area contributed by atoms with E-state index < -0.39 is 0 Å². The SMILES string of the molecule is CCc1ccc(OCc2nnc(SCC(=O)Nc3cc(C(C)C)no3)n2CC(C)C)cc1. The molecule has 0 fully saturated rings. The maximum Gasteiger partial charge on any atom is 0.237 e. The summed E-state index contributed by atoms with van der Waals surface area (Å²) in [6, 6.07) is 9.81. The first-order chi connectivity index (χ1) is 15.4. The Hall–Kier alpha value is -2.81. The van der Waals surface area contributed by atoms with E-state index in [4.69, 9.17) is 9.26 Å². The van der Waals surface area contributed by atoms with Gasteiger partial charge in [0.2, 0.25) is 11.8 Å². The quantitative estimate of drug-likeness (QED) is 0.408. The Kier molecular flexibility index (Phi) is 8.33. The minimum atomic E-state index is -0.186. The second-order valence-electron chi connectivity index (χ2n) is 8.30. The molecular formula is C23H31N5O3S. The van der Waals surface area contributed by atoms with Gasteiger partial charge in [0.05, 0.1) is 11.4 Å². The minimum absolute atomic E-state index is 0.186. The second kappa shape index (κ2) is 11.2. The zero-order valence-corrected chi connectivity index (χ0v) is 20.1. The molecule has 3 rings (SSSR count). The third kappa shape index (κ3) is 6.59. The zero-order chi connectivity index (χ0) is 23.1. The lowest BCUT2D eigenvalue weighted by Crippen LogP contribution is -2.15. The molecule has 0 bridgehead atoms. The standard InChI is InChI=1S/C23H31N5O3S/c1-6-17-7-9-18(10-8-17)30-13-20-25-26-23(28(20)12-15(2)3)32-14-21(29)24-22-11-19(16(4)5)27-31-22/h7-11,15-16H,6,12-14H2,1-5H3,(H,24,29). The fraction of sp³-hybridized carbons (Fsp3) is 0.478. The number of benzene rings is 1. The molecule has 0 aliphatic carbocycles. The zero-order valence-electron chi connectivity index (χ0n) is 19.3. The molecule has 0 aliphatic heterocycles. The fourth-order valence-electron chi connectivity index (χ4n) is 2.97. The Labute approximate surface area is 193 Å². The molecule has 3 aromatic rings. The van der Waals surface area contributed by atoms with E-state index in [0.29, 0.717) is 23.6 Å². The van der Waals surface area contributed by atoms with Gasteiger partial charge in [0.15, 0.2) is 11.0 Å². The molecule has 32 heavy (non-hydrogen) atoms. The normalized spacial score (nSPS) is 11.3. The van der Waals surface area contributed by atoms with E-state index in [1.807, 2.05) is 30.5 Å². The van der Waals surface area contributed by atoms with Crippen molar-refractivity contribution in [1.29, 1.82) is 0 Å². The van der Waals surface area contributed by atoms with Gasteiger partial charge >= 0.3 is 0 Å². The summed E-state index contributed by atoms with van der Waals surface area (Å²) < 4.78 is 13.1. The summed E-state index contributed by atoms with van der Waals surface area (Å²) in [5.41, 5.74) is 2.07. The molecule has 1 aromatic carbocycles. The van der Waals surface area contributed by atoms with Crippen molar-refractivity contribution in [3.63, 3.8) is 0 Å². The number of ether oxygens (including phenoxy) is 1. The van der Waals surface area contributed by atoms with E-state index in [-0.39, 0.29) is 17.6 Å². The van der Waals surface area contributed by atoms with Crippen LogP contribution in [0.15, 0.2) is 40.0 Å². The molecule has 172 valence electrons. The summed E-state index contributed by atoms with van der Waals surface area (Å²) in [5, 5.41) is 16.0. The van der Waals surface area contributed by atoms with Crippen molar-refractivity contribution in [2.75, 3.05) is 11.1 Å². The van der Waals surface area contributed by atoms with Crippen LogP contribution in [-0.4, -0.2) is 31.6 Å². The minimum Gasteiger partial charge on any atom is -0.486 e. The first-order valence-electron chi connectivity index (χ1n) is 10.9. The van der Waals surface area contributed by atoms with Gasteiger partial charge in [0.25, 0.3) is 0 Å². The van der Waals surface area contributed by atoms with E-state index in [2.05, 4.69) is 53.6 Å². The Morgan fingerprint density at radius 1 is 1.19 bits per heavy atom. The molecule has 2 heterocycles. The van der Waals surface area contributed by atoms with Gasteiger partial charge in [0.1, 0.15) is 12.4 Å². The Balaban J connectivity index is 1.61. The predicted octanol–water partition coefficient (Wildman–Crippen LogP) is 4.92. The number of nitrogens with one attached hydrogen (secondary N) is 1. The monoisotopic (exact) mass is 457 g/mol. The highest BCUT2D eigenvalue weighted by Crippen LogP contribution is 2.22. The third-order valence-corrected chi connectivity index (χ3v) is 5.72. The molecule has 0 atom stereocenters. The highest BCUT2D eigenvalue weighted by atomic mass is 32.2. The lowest BCUT2D eigenvalue weighted by molar-refractivity contribution is -0.113. The van der Waals surface area contributed by atoms with Crippen LogP contribution in [0.4, 0.5) is 5.88 Å². The molecule has 9 heteroatoms. The van der Waals surface area contributed by atoms with Gasteiger partial charge in [-0.15, -0.1) is 10.2 Å². The van der Waals surface area contributed by atoms with Gasteiger partial charge < -0.3 is 13.8 Å². The van der Waals surface area contributed by atoms with Crippen LogP contribution in [0.1, 0.15) is 57.6 Å². The summed E-state index contributed by atoms with van der Waals surface area (Å²) >= 11 is 1.34. The number of thioether (sulfide) groups is 1. The number of carbonyl (C=O) groups is 1. The molecule has 1 N–H and O–H groups in total. The van der Waals surface area contributed by atoms with Gasteiger partial charge in [-0.05, 0) is 36.0 Å². The van der Waals surface area contributed by atoms with Crippen molar-refractivity contribution in [3.05, 3.63) is 47.4 Å². The number of rotatable bonds is 11. The third-order valence-electron chi connectivity index (χ3n) is 4.76. The average molecular weight is 458 g/mol. The fourth-order valence-corrected chi connectivity index (χ4v) is 3.74. The molecule has 0 saturated heterocycles. The molecular weight excluding hydrogens is 426 g/mol. The van der Waals surface area contributed by atoms with Crippen LogP contribution >= 0.6 is 11.8 Å². The van der Waals surface area contributed by atoms with E-state index in [1.54, 1.807) is 6.07 Å². The van der Waals surface area contributed by atoms with Crippen molar-refractivity contribution in [3.8, 4) is 5.75 Å². The van der Waals surface area contributed by atoms with Gasteiger partial charge in [-0.1, -0.05) is 63.7 Å². The number of aryl methyl sites for hydroxylation is 1. The Morgan fingerprint density at radius 3 is 2.56 bits per heavy atom. The highest BCUT2D eigenvalue weighted by Gasteiger charge is 2.17. The summed E-state index contributed by atoms with van der Waals surface area (Å²) in [4.78, 5) is 12.4. The Bertz CT molecular complexity index is 1010. The molecule has 0 unspecified atom stereocenters. The van der Waals surface area contributed by atoms with E-state index >= 15 is 0 Å². The van der Waals surface area contributed by atoms with Crippen LogP contribution in [0.5, 0.6) is 5.75 Å². The smallest absolute Gasteiger partial charge is 0.237 e. The van der Waals surface area contributed by atoms with Crippen molar-refractivity contribution in [1.82, 2.24) is 19.9 Å². The van der Waals surface area contributed by atoms with Gasteiger partial charge in [-0.2, -0.15) is 0 Å². The number of nitrogens with zero attached hydrogens (tertiary/aromatic N) is 4. The van der Waals surface area contributed by atoms with Gasteiger partial charge in [-0.25, -0.2) is 0 Å². The maximum absolute atomic E-state index is 12.4. The van der Waals surface area contributed by atoms with Crippen molar-refractivity contribution >= 4 is 23.6 Å². The van der Waals surface area contributed by atoms with Crippen LogP contribution in [-0.2, 0) is 24.4 Å². The summed E-state index contributed by atoms with van der Waals surface area (Å²) in [5.74, 6) is 2.51. The Morgan fingerprint density at radius 2 is 1.94 bits per heavy atom. The number of anilines is 1. The van der Waals surface area contributed by atoms with E-state index in [1.165, 1.54) is 17.3 Å². The molecule has 2 aromatic heterocycles. The summed E-state index contributed by atoms with van der Waals surface area (Å²) in [6.45, 7) is 11.5. The summed E-state index contributed by atoms with van der Waals surface area (Å²) in [7, 11) is 0. The van der Waals surface area contributed by atoms with Crippen LogP contribution in [0.25, 0.3) is 0 Å². The number of amides is 1. The lowest BCUT2D eigenvalue weighted by atomic mass is 10.1. The number of hydrogen-bond acceptors (Lipinski definition) is 7. The summed E-state index contributed by atoms with van der Waals surface area (Å²) in [6.07, 6.45) is 0.993. The molecule has 8 nitrogen and oxygen atoms in total. The topological polar surface area (TPSA) is 95.1 Å². The molecule has 0 spiro atoms. The number of aromatic nitrogens is 4. The predicted molar refractivity (Wildman–Crippen MR) is 125 cm³/mol. The maximum atomic E-state index is 12.4. The van der Waals surface area contributed by atoms with Crippen molar-refractivity contribution in [2.24, 2.45) is 5.92 Å². The van der Waals surface area contributed by atoms with Crippen molar-refractivity contribution < 1.29 is 14.1 Å².